The fraction of sp³-hybridized carbons (Fsp3) is 0.0385. The second-order valence-electron chi connectivity index (χ2n) is 7.51. The van der Waals surface area contributed by atoms with Gasteiger partial charge in [0.2, 0.25) is 0 Å². The van der Waals surface area contributed by atoms with E-state index in [9.17, 15) is 19.7 Å². The Hall–Kier alpha value is -5.25. The predicted octanol–water partition coefficient (Wildman–Crippen LogP) is 4.41. The van der Waals surface area contributed by atoms with Gasteiger partial charge in [-0.05, 0) is 54.6 Å². The monoisotopic (exact) mass is 483 g/mol. The minimum absolute atomic E-state index is 0.00875. The second-order valence-corrected chi connectivity index (χ2v) is 7.51. The Morgan fingerprint density at radius 3 is 2.50 bits per heavy atom. The number of hydrazone groups is 1. The minimum atomic E-state index is -0.513. The van der Waals surface area contributed by atoms with Gasteiger partial charge in [-0.25, -0.2) is 5.43 Å². The lowest BCUT2D eigenvalue weighted by atomic mass is 10.1. The van der Waals surface area contributed by atoms with Crippen molar-refractivity contribution in [1.82, 2.24) is 9.99 Å². The molecule has 10 heteroatoms. The van der Waals surface area contributed by atoms with Crippen LogP contribution in [0.2, 0.25) is 0 Å². The number of nitro groups is 1. The normalized spacial score (nSPS) is 10.7. The molecule has 4 rings (SSSR count). The zero-order valence-electron chi connectivity index (χ0n) is 19.1. The summed E-state index contributed by atoms with van der Waals surface area (Å²) in [7, 11) is 1.51. The summed E-state index contributed by atoms with van der Waals surface area (Å²) in [5, 5.41) is 17.7. The van der Waals surface area contributed by atoms with Gasteiger partial charge in [0.1, 0.15) is 5.75 Å². The maximum atomic E-state index is 12.8. The van der Waals surface area contributed by atoms with Crippen molar-refractivity contribution in [1.29, 1.82) is 0 Å². The molecule has 1 aromatic heterocycles. The number of benzene rings is 3. The van der Waals surface area contributed by atoms with Crippen LogP contribution < -0.4 is 15.5 Å². The van der Waals surface area contributed by atoms with Gasteiger partial charge in [-0.2, -0.15) is 5.10 Å². The first kappa shape index (κ1) is 23.9. The Balaban J connectivity index is 1.46. The van der Waals surface area contributed by atoms with E-state index in [2.05, 4.69) is 15.8 Å². The molecular weight excluding hydrogens is 462 g/mol. The van der Waals surface area contributed by atoms with Crippen molar-refractivity contribution >= 4 is 29.4 Å². The van der Waals surface area contributed by atoms with E-state index in [0.717, 1.165) is 0 Å². The Bertz CT molecular complexity index is 1440. The van der Waals surface area contributed by atoms with Gasteiger partial charge < -0.3 is 14.6 Å². The summed E-state index contributed by atoms with van der Waals surface area (Å²) in [4.78, 5) is 35.9. The number of non-ortho nitro benzene ring substituents is 1. The summed E-state index contributed by atoms with van der Waals surface area (Å²) in [6, 6.07) is 22.9. The van der Waals surface area contributed by atoms with Crippen LogP contribution in [0.25, 0.3) is 5.69 Å². The summed E-state index contributed by atoms with van der Waals surface area (Å²) in [5.74, 6) is -0.360. The number of ether oxygens (including phenoxy) is 1. The van der Waals surface area contributed by atoms with Gasteiger partial charge in [-0.3, -0.25) is 19.7 Å². The van der Waals surface area contributed by atoms with E-state index >= 15 is 0 Å². The number of hydrogen-bond acceptors (Lipinski definition) is 6. The lowest BCUT2D eigenvalue weighted by Gasteiger charge is -2.10. The SMILES string of the molecule is COc1cccc(C(=O)Nc2ccccc2C(=O)NN=Cc2cccn2-c2ccc([N+](=O)[O-])cc2)c1. The van der Waals surface area contributed by atoms with Crippen LogP contribution in [0.4, 0.5) is 11.4 Å². The number of carbonyl (C=O) groups excluding carboxylic acids is 2. The van der Waals surface area contributed by atoms with Crippen LogP contribution in [0.15, 0.2) is 96.2 Å². The van der Waals surface area contributed by atoms with Gasteiger partial charge in [0, 0.05) is 29.6 Å². The summed E-state index contributed by atoms with van der Waals surface area (Å²) in [5.41, 5.74) is 4.74. The van der Waals surface area contributed by atoms with Gasteiger partial charge in [0.05, 0.1) is 35.2 Å². The molecule has 0 aliphatic rings. The highest BCUT2D eigenvalue weighted by Gasteiger charge is 2.14. The molecule has 36 heavy (non-hydrogen) atoms. The average Bonchev–Trinajstić information content (AvgIpc) is 3.37. The molecule has 0 bridgehead atoms. The molecule has 4 aromatic rings. The molecule has 3 aromatic carbocycles. The molecule has 0 fully saturated rings. The Morgan fingerprint density at radius 1 is 0.972 bits per heavy atom. The van der Waals surface area contributed by atoms with E-state index in [1.165, 1.54) is 25.5 Å². The van der Waals surface area contributed by atoms with Gasteiger partial charge in [-0.1, -0.05) is 18.2 Å². The number of nitrogens with zero attached hydrogens (tertiary/aromatic N) is 3. The molecule has 2 N–H and O–H groups in total. The third-order valence-electron chi connectivity index (χ3n) is 5.23. The minimum Gasteiger partial charge on any atom is -0.497 e. The van der Waals surface area contributed by atoms with E-state index in [-0.39, 0.29) is 11.3 Å². The van der Waals surface area contributed by atoms with E-state index in [1.54, 1.807) is 83.6 Å². The number of nitro benzene ring substituents is 1. The maximum Gasteiger partial charge on any atom is 0.273 e. The molecule has 0 radical (unpaired) electrons. The lowest BCUT2D eigenvalue weighted by molar-refractivity contribution is -0.384. The van der Waals surface area contributed by atoms with Crippen LogP contribution in [0.5, 0.6) is 5.75 Å². The van der Waals surface area contributed by atoms with Gasteiger partial charge in [-0.15, -0.1) is 0 Å². The molecule has 0 saturated heterocycles. The number of carbonyl (C=O) groups is 2. The zero-order chi connectivity index (χ0) is 25.5. The number of aromatic nitrogens is 1. The fourth-order valence-electron chi connectivity index (χ4n) is 3.44. The van der Waals surface area contributed by atoms with Crippen molar-refractivity contribution in [3.8, 4) is 11.4 Å². The zero-order valence-corrected chi connectivity index (χ0v) is 19.1. The first-order chi connectivity index (χ1) is 17.5. The standard InChI is InChI=1S/C26H21N5O5/c1-36-22-8-4-6-18(16-22)25(32)28-24-10-3-2-9-23(24)26(33)29-27-17-21-7-5-15-30(21)19-11-13-20(14-12-19)31(34)35/h2-17H,1H3,(H,28,32)(H,29,33). The van der Waals surface area contributed by atoms with Crippen LogP contribution in [0.1, 0.15) is 26.4 Å². The highest BCUT2D eigenvalue weighted by molar-refractivity contribution is 6.09. The van der Waals surface area contributed by atoms with E-state index in [1.807, 2.05) is 0 Å². The third-order valence-corrected chi connectivity index (χ3v) is 5.23. The molecule has 180 valence electrons. The van der Waals surface area contributed by atoms with Crippen LogP contribution in [0.3, 0.4) is 0 Å². The van der Waals surface area contributed by atoms with Crippen molar-refractivity contribution in [2.45, 2.75) is 0 Å². The van der Waals surface area contributed by atoms with Crippen LogP contribution >= 0.6 is 0 Å². The van der Waals surface area contributed by atoms with Crippen LogP contribution in [-0.2, 0) is 0 Å². The summed E-state index contributed by atoms with van der Waals surface area (Å²) >= 11 is 0. The Morgan fingerprint density at radius 2 is 1.75 bits per heavy atom. The molecular formula is C26H21N5O5. The summed E-state index contributed by atoms with van der Waals surface area (Å²) in [6.45, 7) is 0. The second kappa shape index (κ2) is 10.8. The number of para-hydroxylation sites is 1. The van der Waals surface area contributed by atoms with Gasteiger partial charge >= 0.3 is 0 Å². The first-order valence-corrected chi connectivity index (χ1v) is 10.8. The quantitative estimate of drug-likeness (QED) is 0.218. The topological polar surface area (TPSA) is 128 Å². The fourth-order valence-corrected chi connectivity index (χ4v) is 3.44. The van der Waals surface area contributed by atoms with Gasteiger partial charge in [0.15, 0.2) is 0 Å². The molecule has 10 nitrogen and oxygen atoms in total. The predicted molar refractivity (Wildman–Crippen MR) is 135 cm³/mol. The Labute approximate surface area is 206 Å². The number of amides is 2. The van der Waals surface area contributed by atoms with Crippen molar-refractivity contribution in [2.24, 2.45) is 5.10 Å². The molecule has 1 heterocycles. The third kappa shape index (κ3) is 5.45. The number of hydrogen-bond donors (Lipinski definition) is 2. The maximum absolute atomic E-state index is 12.8. The molecule has 0 unspecified atom stereocenters. The van der Waals surface area contributed by atoms with E-state index in [0.29, 0.717) is 28.4 Å². The largest absolute Gasteiger partial charge is 0.497 e. The molecule has 2 amide bonds. The smallest absolute Gasteiger partial charge is 0.273 e. The molecule has 0 atom stereocenters. The van der Waals surface area contributed by atoms with E-state index in [4.69, 9.17) is 4.74 Å². The molecule has 0 aliphatic heterocycles. The van der Waals surface area contributed by atoms with Crippen molar-refractivity contribution < 1.29 is 19.2 Å². The molecule has 0 saturated carbocycles. The van der Waals surface area contributed by atoms with E-state index < -0.39 is 16.7 Å². The summed E-state index contributed by atoms with van der Waals surface area (Å²) in [6.07, 6.45) is 3.23. The number of anilines is 1. The highest BCUT2D eigenvalue weighted by atomic mass is 16.6. The van der Waals surface area contributed by atoms with Crippen molar-refractivity contribution in [2.75, 3.05) is 12.4 Å². The highest BCUT2D eigenvalue weighted by Crippen LogP contribution is 2.19. The van der Waals surface area contributed by atoms with Gasteiger partial charge in [0.25, 0.3) is 17.5 Å². The summed E-state index contributed by atoms with van der Waals surface area (Å²) < 4.78 is 6.92. The van der Waals surface area contributed by atoms with Crippen molar-refractivity contribution in [3.63, 3.8) is 0 Å². The van der Waals surface area contributed by atoms with Crippen molar-refractivity contribution in [3.05, 3.63) is 118 Å². The number of methoxy groups -OCH3 is 1. The Kier molecular flexibility index (Phi) is 7.16. The number of nitrogens with one attached hydrogen (secondary N) is 2. The first-order valence-electron chi connectivity index (χ1n) is 10.8. The number of rotatable bonds is 8. The molecule has 0 spiro atoms. The molecule has 0 aliphatic carbocycles. The van der Waals surface area contributed by atoms with Crippen LogP contribution in [0, 0.1) is 10.1 Å². The average molecular weight is 483 g/mol. The lowest BCUT2D eigenvalue weighted by Crippen LogP contribution is -2.21. The van der Waals surface area contributed by atoms with Crippen LogP contribution in [-0.4, -0.2) is 34.6 Å².